The Labute approximate surface area is 88.5 Å². The van der Waals surface area contributed by atoms with E-state index in [1.807, 2.05) is 0 Å². The Morgan fingerprint density at radius 3 is 2.47 bits per heavy atom. The van der Waals surface area contributed by atoms with Crippen LogP contribution in [0.5, 0.6) is 5.75 Å². The molecule has 4 heteroatoms. The number of amides is 1. The highest BCUT2D eigenvalue weighted by atomic mass is 16.3. The summed E-state index contributed by atoms with van der Waals surface area (Å²) in [4.78, 5) is 13.6. The number of nitrogens with one attached hydrogen (secondary N) is 1. The van der Waals surface area contributed by atoms with Crippen molar-refractivity contribution in [2.75, 3.05) is 20.1 Å². The number of benzene rings is 1. The molecule has 1 aliphatic heterocycles. The van der Waals surface area contributed by atoms with E-state index in [0.29, 0.717) is 11.6 Å². The topological polar surface area (TPSA) is 52.6 Å². The van der Waals surface area contributed by atoms with Crippen molar-refractivity contribution < 1.29 is 9.90 Å². The molecule has 80 valence electrons. The van der Waals surface area contributed by atoms with Crippen LogP contribution in [0.25, 0.3) is 0 Å². The molecular formula is C11H14N2O2. The van der Waals surface area contributed by atoms with Gasteiger partial charge in [0.05, 0.1) is 6.04 Å². The van der Waals surface area contributed by atoms with E-state index in [0.717, 1.165) is 13.1 Å². The van der Waals surface area contributed by atoms with Gasteiger partial charge in [-0.25, -0.2) is 0 Å². The lowest BCUT2D eigenvalue weighted by Crippen LogP contribution is -2.57. The zero-order valence-corrected chi connectivity index (χ0v) is 8.60. The fourth-order valence-corrected chi connectivity index (χ4v) is 1.52. The van der Waals surface area contributed by atoms with Crippen molar-refractivity contribution in [3.8, 4) is 5.75 Å². The highest BCUT2D eigenvalue weighted by molar-refractivity contribution is 5.94. The molecule has 0 aromatic heterocycles. The minimum atomic E-state index is 0.00139. The number of phenolic OH excluding ortho intramolecular Hbond substituents is 1. The summed E-state index contributed by atoms with van der Waals surface area (Å²) in [7, 11) is 1.81. The zero-order chi connectivity index (χ0) is 10.8. The van der Waals surface area contributed by atoms with Gasteiger partial charge in [-0.3, -0.25) is 4.79 Å². The first-order valence-electron chi connectivity index (χ1n) is 4.95. The molecule has 1 aliphatic rings. The third-order valence-electron chi connectivity index (χ3n) is 2.74. The first kappa shape index (κ1) is 9.98. The molecule has 4 nitrogen and oxygen atoms in total. The average molecular weight is 206 g/mol. The van der Waals surface area contributed by atoms with Gasteiger partial charge in [0.2, 0.25) is 0 Å². The first-order chi connectivity index (χ1) is 7.18. The molecule has 2 N–H and O–H groups in total. The van der Waals surface area contributed by atoms with Crippen molar-refractivity contribution in [1.82, 2.24) is 10.2 Å². The van der Waals surface area contributed by atoms with Crippen LogP contribution in [-0.4, -0.2) is 42.1 Å². The van der Waals surface area contributed by atoms with Crippen LogP contribution >= 0.6 is 0 Å². The molecule has 0 aliphatic carbocycles. The van der Waals surface area contributed by atoms with Crippen LogP contribution in [0.2, 0.25) is 0 Å². The van der Waals surface area contributed by atoms with Gasteiger partial charge in [0, 0.05) is 25.7 Å². The maximum atomic E-state index is 11.9. The van der Waals surface area contributed by atoms with Crippen LogP contribution in [-0.2, 0) is 0 Å². The number of carbonyl (C=O) groups is 1. The average Bonchev–Trinajstić information content (AvgIpc) is 2.15. The molecule has 2 rings (SSSR count). The number of hydrogen-bond donors (Lipinski definition) is 2. The van der Waals surface area contributed by atoms with Gasteiger partial charge in [-0.15, -0.1) is 0 Å². The first-order valence-corrected chi connectivity index (χ1v) is 4.95. The van der Waals surface area contributed by atoms with Crippen LogP contribution in [0.4, 0.5) is 0 Å². The summed E-state index contributed by atoms with van der Waals surface area (Å²) < 4.78 is 0. The van der Waals surface area contributed by atoms with Crippen LogP contribution in [0, 0.1) is 0 Å². The van der Waals surface area contributed by atoms with Gasteiger partial charge in [0.25, 0.3) is 5.91 Å². The number of nitrogens with zero attached hydrogens (tertiary/aromatic N) is 1. The van der Waals surface area contributed by atoms with Gasteiger partial charge >= 0.3 is 0 Å². The van der Waals surface area contributed by atoms with Crippen LogP contribution in [0.3, 0.4) is 0 Å². The lowest BCUT2D eigenvalue weighted by Gasteiger charge is -2.35. The third kappa shape index (κ3) is 1.94. The van der Waals surface area contributed by atoms with E-state index in [-0.39, 0.29) is 11.7 Å². The lowest BCUT2D eigenvalue weighted by atomic mass is 10.1. The van der Waals surface area contributed by atoms with Gasteiger partial charge in [-0.2, -0.15) is 0 Å². The van der Waals surface area contributed by atoms with E-state index in [4.69, 9.17) is 5.11 Å². The Hall–Kier alpha value is -1.55. The fourth-order valence-electron chi connectivity index (χ4n) is 1.52. The Bertz CT molecular complexity index is 357. The number of aromatic hydroxyl groups is 1. The minimum absolute atomic E-state index is 0.00139. The summed E-state index contributed by atoms with van der Waals surface area (Å²) in [6, 6.07) is 6.63. The summed E-state index contributed by atoms with van der Waals surface area (Å²) in [5.41, 5.74) is 0.613. The molecule has 0 radical (unpaired) electrons. The monoisotopic (exact) mass is 206 g/mol. The number of hydrogen-bond acceptors (Lipinski definition) is 3. The second-order valence-corrected chi connectivity index (χ2v) is 3.78. The van der Waals surface area contributed by atoms with Gasteiger partial charge in [-0.05, 0) is 24.3 Å². The molecule has 15 heavy (non-hydrogen) atoms. The highest BCUT2D eigenvalue weighted by Crippen LogP contribution is 2.13. The van der Waals surface area contributed by atoms with Crippen LogP contribution in [0.1, 0.15) is 10.4 Å². The zero-order valence-electron chi connectivity index (χ0n) is 8.60. The molecule has 1 fully saturated rings. The third-order valence-corrected chi connectivity index (χ3v) is 2.74. The van der Waals surface area contributed by atoms with Crippen LogP contribution in [0.15, 0.2) is 24.3 Å². The molecular weight excluding hydrogens is 192 g/mol. The van der Waals surface area contributed by atoms with E-state index in [1.165, 1.54) is 12.1 Å². The summed E-state index contributed by atoms with van der Waals surface area (Å²) in [5.74, 6) is 0.181. The van der Waals surface area contributed by atoms with Gasteiger partial charge in [-0.1, -0.05) is 0 Å². The van der Waals surface area contributed by atoms with Crippen molar-refractivity contribution in [2.45, 2.75) is 6.04 Å². The molecule has 0 bridgehead atoms. The predicted octanol–water partition coefficient (Wildman–Crippen LogP) is 0.436. The van der Waals surface area contributed by atoms with Crippen LogP contribution < -0.4 is 5.32 Å². The Balaban J connectivity index is 2.09. The van der Waals surface area contributed by atoms with E-state index in [9.17, 15) is 4.79 Å². The quantitative estimate of drug-likeness (QED) is 0.738. The van der Waals surface area contributed by atoms with Crippen molar-refractivity contribution in [3.63, 3.8) is 0 Å². The van der Waals surface area contributed by atoms with E-state index in [2.05, 4.69) is 5.32 Å². The maximum Gasteiger partial charge on any atom is 0.253 e. The van der Waals surface area contributed by atoms with Crippen molar-refractivity contribution in [3.05, 3.63) is 29.8 Å². The second-order valence-electron chi connectivity index (χ2n) is 3.78. The normalized spacial score (nSPS) is 15.8. The predicted molar refractivity (Wildman–Crippen MR) is 56.9 cm³/mol. The molecule has 1 aromatic rings. The van der Waals surface area contributed by atoms with Gasteiger partial charge in [0.1, 0.15) is 5.75 Å². The van der Waals surface area contributed by atoms with Crippen molar-refractivity contribution in [2.24, 2.45) is 0 Å². The number of rotatable bonds is 2. The van der Waals surface area contributed by atoms with E-state index >= 15 is 0 Å². The number of phenols is 1. The Kier molecular flexibility index (Phi) is 2.60. The largest absolute Gasteiger partial charge is 0.508 e. The Morgan fingerprint density at radius 2 is 2.00 bits per heavy atom. The summed E-state index contributed by atoms with van der Waals surface area (Å²) in [6.45, 7) is 1.72. The molecule has 1 amide bonds. The summed E-state index contributed by atoms with van der Waals surface area (Å²) in [5, 5.41) is 12.2. The van der Waals surface area contributed by atoms with E-state index < -0.39 is 0 Å². The molecule has 0 atom stereocenters. The standard InChI is InChI=1S/C11H14N2O2/c1-13(9-6-12-7-9)11(15)8-2-4-10(14)5-3-8/h2-5,9,12,14H,6-7H2,1H3. The maximum absolute atomic E-state index is 11.9. The fraction of sp³-hybridized carbons (Fsp3) is 0.364. The molecule has 0 spiro atoms. The highest BCUT2D eigenvalue weighted by Gasteiger charge is 2.25. The van der Waals surface area contributed by atoms with Crippen molar-refractivity contribution >= 4 is 5.91 Å². The van der Waals surface area contributed by atoms with Crippen molar-refractivity contribution in [1.29, 1.82) is 0 Å². The molecule has 0 saturated carbocycles. The number of likely N-dealkylation sites (N-methyl/N-ethyl adjacent to an activating group) is 1. The minimum Gasteiger partial charge on any atom is -0.508 e. The molecule has 1 heterocycles. The molecule has 1 aromatic carbocycles. The summed E-state index contributed by atoms with van der Waals surface area (Å²) >= 11 is 0. The molecule has 1 saturated heterocycles. The van der Waals surface area contributed by atoms with Gasteiger partial charge < -0.3 is 15.3 Å². The summed E-state index contributed by atoms with van der Waals surface area (Å²) in [6.07, 6.45) is 0. The Morgan fingerprint density at radius 1 is 1.40 bits per heavy atom. The van der Waals surface area contributed by atoms with Gasteiger partial charge in [0.15, 0.2) is 0 Å². The smallest absolute Gasteiger partial charge is 0.253 e. The number of carbonyl (C=O) groups excluding carboxylic acids is 1. The SMILES string of the molecule is CN(C(=O)c1ccc(O)cc1)C1CNC1. The lowest BCUT2D eigenvalue weighted by molar-refractivity contribution is 0.0681. The second kappa shape index (κ2) is 3.90. The molecule has 0 unspecified atom stereocenters. The van der Waals surface area contributed by atoms with E-state index in [1.54, 1.807) is 24.1 Å².